The lowest BCUT2D eigenvalue weighted by molar-refractivity contribution is 0.306. The molecule has 5 heteroatoms. The monoisotopic (exact) mass is 314 g/mol. The maximum absolute atomic E-state index is 13.1. The molecule has 0 atom stereocenters. The topological polar surface area (TPSA) is 9.23 Å². The van der Waals surface area contributed by atoms with Crippen molar-refractivity contribution in [2.75, 3.05) is 12.5 Å². The van der Waals surface area contributed by atoms with Gasteiger partial charge in [-0.3, -0.25) is 0 Å². The quantitative estimate of drug-likeness (QED) is 0.437. The summed E-state index contributed by atoms with van der Waals surface area (Å²) in [6, 6.07) is 2.75. The highest BCUT2D eigenvalue weighted by Gasteiger charge is 2.07. The summed E-state index contributed by atoms with van der Waals surface area (Å²) in [6.07, 6.45) is 1.73. The zero-order valence-corrected chi connectivity index (χ0v) is 11.0. The smallest absolute Gasteiger partial charge is 0.145 e. The fourth-order valence-electron chi connectivity index (χ4n) is 0.994. The van der Waals surface area contributed by atoms with Crippen LogP contribution in [0.5, 0.6) is 5.75 Å². The second kappa shape index (κ2) is 6.56. The second-order valence-electron chi connectivity index (χ2n) is 2.94. The molecule has 1 rings (SSSR count). The molecule has 0 radical (unpaired) electrons. The first-order valence-corrected chi connectivity index (χ1v) is 6.19. The average Bonchev–Trinajstić information content (AvgIpc) is 2.20. The van der Waals surface area contributed by atoms with E-state index < -0.39 is 5.82 Å². The predicted molar refractivity (Wildman–Crippen MR) is 64.6 cm³/mol. The van der Waals surface area contributed by atoms with Crippen LogP contribution in [0.25, 0.3) is 0 Å². The van der Waals surface area contributed by atoms with Crippen LogP contribution in [0, 0.1) is 5.82 Å². The Labute approximate surface area is 107 Å². The van der Waals surface area contributed by atoms with Crippen LogP contribution in [0.3, 0.4) is 0 Å². The molecular weight excluding hydrogens is 306 g/mol. The molecule has 0 amide bonds. The Balaban J connectivity index is 2.57. The van der Waals surface area contributed by atoms with Gasteiger partial charge in [-0.15, -0.1) is 11.6 Å². The van der Waals surface area contributed by atoms with Crippen LogP contribution < -0.4 is 4.74 Å². The van der Waals surface area contributed by atoms with Gasteiger partial charge < -0.3 is 4.74 Å². The molecule has 0 fully saturated rings. The molecule has 1 nitrogen and oxygen atoms in total. The minimum absolute atomic E-state index is 0.0787. The van der Waals surface area contributed by atoms with E-state index in [0.29, 0.717) is 22.7 Å². The fourth-order valence-corrected chi connectivity index (χ4v) is 1.94. The lowest BCUT2D eigenvalue weighted by Crippen LogP contribution is -1.98. The van der Waals surface area contributed by atoms with Crippen LogP contribution >= 0.6 is 39.1 Å². The van der Waals surface area contributed by atoms with E-state index in [-0.39, 0.29) is 5.02 Å². The number of rotatable bonds is 5. The lowest BCUT2D eigenvalue weighted by Gasteiger charge is -2.08. The van der Waals surface area contributed by atoms with E-state index in [1.54, 1.807) is 0 Å². The van der Waals surface area contributed by atoms with Crippen molar-refractivity contribution in [1.82, 2.24) is 0 Å². The minimum Gasteiger partial charge on any atom is -0.492 e. The van der Waals surface area contributed by atoms with Crippen molar-refractivity contribution in [2.45, 2.75) is 12.8 Å². The molecule has 0 N–H and O–H groups in total. The third-order valence-corrected chi connectivity index (χ3v) is 2.94. The van der Waals surface area contributed by atoms with Crippen molar-refractivity contribution in [2.24, 2.45) is 0 Å². The van der Waals surface area contributed by atoms with Crippen LogP contribution in [0.15, 0.2) is 16.6 Å². The molecule has 0 bridgehead atoms. The van der Waals surface area contributed by atoms with Gasteiger partial charge in [-0.25, -0.2) is 4.39 Å². The Hall–Kier alpha value is 0.01000. The fraction of sp³-hybridized carbons (Fsp3) is 0.400. The zero-order chi connectivity index (χ0) is 11.3. The molecule has 0 saturated carbocycles. The summed E-state index contributed by atoms with van der Waals surface area (Å²) in [6.45, 7) is 0.520. The average molecular weight is 316 g/mol. The summed E-state index contributed by atoms with van der Waals surface area (Å²) in [5.41, 5.74) is 0. The number of ether oxygens (including phenoxy) is 1. The number of halogens is 4. The van der Waals surface area contributed by atoms with E-state index in [0.717, 1.165) is 12.8 Å². The summed E-state index contributed by atoms with van der Waals surface area (Å²) in [4.78, 5) is 0. The molecule has 1 aromatic carbocycles. The third-order valence-electron chi connectivity index (χ3n) is 1.76. The standard InChI is InChI=1S/C10H10BrCl2FO/c11-7-5-8(13)9(14)6-10(7)15-4-2-1-3-12/h5-6H,1-4H2. The molecule has 0 aliphatic rings. The Morgan fingerprint density at radius 1 is 1.33 bits per heavy atom. The molecule has 0 saturated heterocycles. The van der Waals surface area contributed by atoms with Crippen molar-refractivity contribution in [3.63, 3.8) is 0 Å². The SMILES string of the molecule is Fc1cc(OCCCCCl)c(Br)cc1Cl. The molecular formula is C10H10BrCl2FO. The predicted octanol–water partition coefficient (Wildman–Crippen LogP) is 4.64. The van der Waals surface area contributed by atoms with Crippen LogP contribution in [-0.2, 0) is 0 Å². The van der Waals surface area contributed by atoms with Gasteiger partial charge in [-0.2, -0.15) is 0 Å². The summed E-state index contributed by atoms with van der Waals surface area (Å²) >= 11 is 14.4. The molecule has 0 aliphatic heterocycles. The van der Waals surface area contributed by atoms with Crippen molar-refractivity contribution < 1.29 is 9.13 Å². The van der Waals surface area contributed by atoms with E-state index in [1.165, 1.54) is 12.1 Å². The summed E-state index contributed by atoms with van der Waals surface area (Å²) in [7, 11) is 0. The second-order valence-corrected chi connectivity index (χ2v) is 4.58. The maximum atomic E-state index is 13.1. The van der Waals surface area contributed by atoms with E-state index in [1.807, 2.05) is 0 Å². The highest BCUT2D eigenvalue weighted by molar-refractivity contribution is 9.10. The number of hydrogen-bond donors (Lipinski definition) is 0. The van der Waals surface area contributed by atoms with Gasteiger partial charge in [-0.05, 0) is 34.8 Å². The third kappa shape index (κ3) is 4.17. The van der Waals surface area contributed by atoms with Gasteiger partial charge in [-0.1, -0.05) is 11.6 Å². The van der Waals surface area contributed by atoms with Crippen LogP contribution in [0.2, 0.25) is 5.02 Å². The lowest BCUT2D eigenvalue weighted by atomic mass is 10.3. The largest absolute Gasteiger partial charge is 0.492 e. The zero-order valence-electron chi connectivity index (χ0n) is 7.90. The van der Waals surface area contributed by atoms with Gasteiger partial charge in [0.25, 0.3) is 0 Å². The number of benzene rings is 1. The van der Waals surface area contributed by atoms with Gasteiger partial charge in [0.15, 0.2) is 0 Å². The minimum atomic E-state index is -0.479. The van der Waals surface area contributed by atoms with Crippen molar-refractivity contribution in [1.29, 1.82) is 0 Å². The first-order chi connectivity index (χ1) is 7.15. The van der Waals surface area contributed by atoms with Gasteiger partial charge in [0, 0.05) is 11.9 Å². The highest BCUT2D eigenvalue weighted by Crippen LogP contribution is 2.30. The van der Waals surface area contributed by atoms with Crippen LogP contribution in [0.4, 0.5) is 4.39 Å². The Bertz CT molecular complexity index is 333. The number of hydrogen-bond acceptors (Lipinski definition) is 1. The van der Waals surface area contributed by atoms with E-state index in [9.17, 15) is 4.39 Å². The molecule has 0 heterocycles. The van der Waals surface area contributed by atoms with Gasteiger partial charge >= 0.3 is 0 Å². The van der Waals surface area contributed by atoms with Crippen LogP contribution in [-0.4, -0.2) is 12.5 Å². The van der Waals surface area contributed by atoms with Crippen molar-refractivity contribution in [3.05, 3.63) is 27.4 Å². The summed E-state index contributed by atoms with van der Waals surface area (Å²) < 4.78 is 19.1. The molecule has 0 aromatic heterocycles. The number of alkyl halides is 1. The van der Waals surface area contributed by atoms with Crippen LogP contribution in [0.1, 0.15) is 12.8 Å². The summed E-state index contributed by atoms with van der Waals surface area (Å²) in [5.74, 6) is 0.596. The first kappa shape index (κ1) is 13.1. The van der Waals surface area contributed by atoms with Crippen molar-refractivity contribution >= 4 is 39.1 Å². The normalized spacial score (nSPS) is 10.4. The Morgan fingerprint density at radius 2 is 2.07 bits per heavy atom. The highest BCUT2D eigenvalue weighted by atomic mass is 79.9. The molecule has 15 heavy (non-hydrogen) atoms. The molecule has 0 aliphatic carbocycles. The maximum Gasteiger partial charge on any atom is 0.145 e. The molecule has 0 unspecified atom stereocenters. The Morgan fingerprint density at radius 3 is 2.73 bits per heavy atom. The van der Waals surface area contributed by atoms with Gasteiger partial charge in [0.05, 0.1) is 16.1 Å². The van der Waals surface area contributed by atoms with Crippen molar-refractivity contribution in [3.8, 4) is 5.75 Å². The summed E-state index contributed by atoms with van der Waals surface area (Å²) in [5, 5.41) is 0.0787. The molecule has 1 aromatic rings. The van der Waals surface area contributed by atoms with Gasteiger partial charge in [0.1, 0.15) is 11.6 Å². The number of unbranched alkanes of at least 4 members (excludes halogenated alkanes) is 1. The van der Waals surface area contributed by atoms with E-state index >= 15 is 0 Å². The molecule has 84 valence electrons. The molecule has 0 spiro atoms. The van der Waals surface area contributed by atoms with E-state index in [2.05, 4.69) is 15.9 Å². The first-order valence-electron chi connectivity index (χ1n) is 4.48. The van der Waals surface area contributed by atoms with E-state index in [4.69, 9.17) is 27.9 Å². The van der Waals surface area contributed by atoms with Gasteiger partial charge in [0.2, 0.25) is 0 Å². The Kier molecular flexibility index (Phi) is 5.72.